The minimum atomic E-state index is -0.0872. The maximum atomic E-state index is 12.2. The molecule has 2 aromatic rings. The van der Waals surface area contributed by atoms with Gasteiger partial charge in [-0.15, -0.1) is 0 Å². The second-order valence-electron chi connectivity index (χ2n) is 5.80. The smallest absolute Gasteiger partial charge is 0.253 e. The molecule has 0 saturated carbocycles. The molecule has 0 bridgehead atoms. The number of hydrogen-bond acceptors (Lipinski definition) is 4. The average Bonchev–Trinajstić information content (AvgIpc) is 2.67. The molecule has 0 saturated heterocycles. The number of anilines is 2. The zero-order valence-electron chi connectivity index (χ0n) is 13.8. The molecule has 2 heterocycles. The SMILES string of the molecule is CN(c1ccccc1)c1ccc(C(=O)NCC2=CCNCC2)cn1. The van der Waals surface area contributed by atoms with Crippen LogP contribution >= 0.6 is 0 Å². The number of aromatic nitrogens is 1. The molecule has 1 aromatic carbocycles. The van der Waals surface area contributed by atoms with Gasteiger partial charge in [-0.2, -0.15) is 0 Å². The van der Waals surface area contributed by atoms with Crippen LogP contribution in [-0.2, 0) is 0 Å². The molecule has 24 heavy (non-hydrogen) atoms. The Hall–Kier alpha value is -2.66. The number of carbonyl (C=O) groups is 1. The van der Waals surface area contributed by atoms with Gasteiger partial charge in [-0.1, -0.05) is 29.8 Å². The number of pyridine rings is 1. The summed E-state index contributed by atoms with van der Waals surface area (Å²) in [6.45, 7) is 2.46. The van der Waals surface area contributed by atoms with E-state index in [-0.39, 0.29) is 5.91 Å². The minimum Gasteiger partial charge on any atom is -0.348 e. The molecule has 1 aliphatic rings. The minimum absolute atomic E-state index is 0.0872. The first-order valence-corrected chi connectivity index (χ1v) is 8.16. The van der Waals surface area contributed by atoms with Gasteiger partial charge in [0.25, 0.3) is 5.91 Å². The number of nitrogens with zero attached hydrogens (tertiary/aromatic N) is 2. The quantitative estimate of drug-likeness (QED) is 0.831. The van der Waals surface area contributed by atoms with E-state index >= 15 is 0 Å². The summed E-state index contributed by atoms with van der Waals surface area (Å²) in [5, 5.41) is 6.22. The van der Waals surface area contributed by atoms with Crippen molar-refractivity contribution in [2.45, 2.75) is 6.42 Å². The number of amides is 1. The number of nitrogens with one attached hydrogen (secondary N) is 2. The van der Waals surface area contributed by atoms with E-state index in [1.807, 2.05) is 54.4 Å². The lowest BCUT2D eigenvalue weighted by Crippen LogP contribution is -2.29. The molecule has 0 fully saturated rings. The zero-order chi connectivity index (χ0) is 16.8. The normalized spacial score (nSPS) is 14.0. The van der Waals surface area contributed by atoms with Crippen molar-refractivity contribution < 1.29 is 4.79 Å². The van der Waals surface area contributed by atoms with Crippen LogP contribution < -0.4 is 15.5 Å². The number of carbonyl (C=O) groups excluding carboxylic acids is 1. The highest BCUT2D eigenvalue weighted by atomic mass is 16.1. The van der Waals surface area contributed by atoms with E-state index in [1.165, 1.54) is 5.57 Å². The summed E-state index contributed by atoms with van der Waals surface area (Å²) in [5.74, 6) is 0.717. The third kappa shape index (κ3) is 4.00. The Morgan fingerprint density at radius 3 is 2.75 bits per heavy atom. The van der Waals surface area contributed by atoms with Crippen LogP contribution in [0.5, 0.6) is 0 Å². The average molecular weight is 322 g/mol. The molecule has 5 heteroatoms. The van der Waals surface area contributed by atoms with Gasteiger partial charge in [0.2, 0.25) is 0 Å². The van der Waals surface area contributed by atoms with Gasteiger partial charge in [-0.25, -0.2) is 4.98 Å². The van der Waals surface area contributed by atoms with Crippen molar-refractivity contribution in [1.29, 1.82) is 0 Å². The van der Waals surface area contributed by atoms with Crippen LogP contribution in [0.15, 0.2) is 60.3 Å². The third-order valence-electron chi connectivity index (χ3n) is 4.13. The van der Waals surface area contributed by atoms with E-state index in [0.717, 1.165) is 31.0 Å². The van der Waals surface area contributed by atoms with Gasteiger partial charge in [0.15, 0.2) is 0 Å². The molecular formula is C19H22N4O. The first-order chi connectivity index (χ1) is 11.7. The predicted octanol–water partition coefficient (Wildman–Crippen LogP) is 2.50. The molecule has 0 atom stereocenters. The second-order valence-corrected chi connectivity index (χ2v) is 5.80. The summed E-state index contributed by atoms with van der Waals surface area (Å²) in [6, 6.07) is 13.7. The molecule has 3 rings (SSSR count). The van der Waals surface area contributed by atoms with E-state index in [1.54, 1.807) is 6.20 Å². The molecule has 5 nitrogen and oxygen atoms in total. The van der Waals surface area contributed by atoms with Gasteiger partial charge in [0.05, 0.1) is 5.56 Å². The fourth-order valence-electron chi connectivity index (χ4n) is 2.63. The molecule has 1 amide bonds. The Morgan fingerprint density at radius 1 is 1.25 bits per heavy atom. The fourth-order valence-corrected chi connectivity index (χ4v) is 2.63. The van der Waals surface area contributed by atoms with Crippen molar-refractivity contribution in [2.75, 3.05) is 31.6 Å². The highest BCUT2D eigenvalue weighted by Gasteiger charge is 2.10. The predicted molar refractivity (Wildman–Crippen MR) is 96.6 cm³/mol. The van der Waals surface area contributed by atoms with Crippen LogP contribution in [0.25, 0.3) is 0 Å². The van der Waals surface area contributed by atoms with Crippen molar-refractivity contribution in [3.05, 3.63) is 65.9 Å². The maximum absolute atomic E-state index is 12.2. The lowest BCUT2D eigenvalue weighted by molar-refractivity contribution is 0.0956. The Morgan fingerprint density at radius 2 is 2.08 bits per heavy atom. The molecule has 0 unspecified atom stereocenters. The van der Waals surface area contributed by atoms with Crippen LogP contribution in [0.4, 0.5) is 11.5 Å². The first kappa shape index (κ1) is 16.2. The van der Waals surface area contributed by atoms with Crippen LogP contribution in [0, 0.1) is 0 Å². The van der Waals surface area contributed by atoms with Gasteiger partial charge >= 0.3 is 0 Å². The highest BCUT2D eigenvalue weighted by Crippen LogP contribution is 2.20. The Bertz CT molecular complexity index is 710. The van der Waals surface area contributed by atoms with Gasteiger partial charge in [0.1, 0.15) is 5.82 Å². The number of para-hydroxylation sites is 1. The monoisotopic (exact) mass is 322 g/mol. The van der Waals surface area contributed by atoms with Crippen molar-refractivity contribution in [1.82, 2.24) is 15.6 Å². The molecule has 0 spiro atoms. The van der Waals surface area contributed by atoms with Crippen LogP contribution in [0.2, 0.25) is 0 Å². The van der Waals surface area contributed by atoms with Crippen LogP contribution in [0.1, 0.15) is 16.8 Å². The van der Waals surface area contributed by atoms with Crippen molar-refractivity contribution in [3.63, 3.8) is 0 Å². The van der Waals surface area contributed by atoms with Crippen LogP contribution in [-0.4, -0.2) is 37.6 Å². The zero-order valence-corrected chi connectivity index (χ0v) is 13.8. The summed E-state index contributed by atoms with van der Waals surface area (Å²) >= 11 is 0. The number of rotatable bonds is 5. The van der Waals surface area contributed by atoms with Crippen LogP contribution in [0.3, 0.4) is 0 Å². The molecule has 2 N–H and O–H groups in total. The molecule has 124 valence electrons. The van der Waals surface area contributed by atoms with Gasteiger partial charge in [0, 0.05) is 32.0 Å². The molecule has 0 aliphatic carbocycles. The van der Waals surface area contributed by atoms with E-state index in [4.69, 9.17) is 0 Å². The van der Waals surface area contributed by atoms with Crippen molar-refractivity contribution in [3.8, 4) is 0 Å². The molecular weight excluding hydrogens is 300 g/mol. The maximum Gasteiger partial charge on any atom is 0.253 e. The standard InChI is InChI=1S/C19H22N4O/c1-23(17-5-3-2-4-6-17)18-8-7-16(14-21-18)19(24)22-13-15-9-11-20-12-10-15/h2-9,14,20H,10-13H2,1H3,(H,22,24). The lowest BCUT2D eigenvalue weighted by Gasteiger charge is -2.18. The Labute approximate surface area is 142 Å². The number of benzene rings is 1. The molecule has 1 aromatic heterocycles. The highest BCUT2D eigenvalue weighted by molar-refractivity contribution is 5.94. The Kier molecular flexibility index (Phi) is 5.23. The van der Waals surface area contributed by atoms with E-state index < -0.39 is 0 Å². The summed E-state index contributed by atoms with van der Waals surface area (Å²) in [7, 11) is 1.96. The molecule has 0 radical (unpaired) electrons. The first-order valence-electron chi connectivity index (χ1n) is 8.16. The van der Waals surface area contributed by atoms with E-state index in [9.17, 15) is 4.79 Å². The summed E-state index contributed by atoms with van der Waals surface area (Å²) in [4.78, 5) is 18.6. The lowest BCUT2D eigenvalue weighted by atomic mass is 10.1. The fraction of sp³-hybridized carbons (Fsp3) is 0.263. The second kappa shape index (κ2) is 7.75. The Balaban J connectivity index is 1.61. The number of hydrogen-bond donors (Lipinski definition) is 2. The summed E-state index contributed by atoms with van der Waals surface area (Å²) in [5.41, 5.74) is 2.91. The van der Waals surface area contributed by atoms with E-state index in [0.29, 0.717) is 12.1 Å². The van der Waals surface area contributed by atoms with Gasteiger partial charge in [-0.05, 0) is 37.2 Å². The van der Waals surface area contributed by atoms with Crippen molar-refractivity contribution >= 4 is 17.4 Å². The van der Waals surface area contributed by atoms with E-state index in [2.05, 4.69) is 21.7 Å². The van der Waals surface area contributed by atoms with Gasteiger partial charge in [-0.3, -0.25) is 4.79 Å². The third-order valence-corrected chi connectivity index (χ3v) is 4.13. The van der Waals surface area contributed by atoms with Gasteiger partial charge < -0.3 is 15.5 Å². The van der Waals surface area contributed by atoms with Crippen molar-refractivity contribution in [2.24, 2.45) is 0 Å². The summed E-state index contributed by atoms with van der Waals surface area (Å²) < 4.78 is 0. The summed E-state index contributed by atoms with van der Waals surface area (Å²) in [6.07, 6.45) is 4.75. The largest absolute Gasteiger partial charge is 0.348 e. The molecule has 1 aliphatic heterocycles. The topological polar surface area (TPSA) is 57.3 Å².